The van der Waals surface area contributed by atoms with Crippen LogP contribution in [-0.4, -0.2) is 23.9 Å². The van der Waals surface area contributed by atoms with Gasteiger partial charge < -0.3 is 4.74 Å². The van der Waals surface area contributed by atoms with Crippen LogP contribution in [-0.2, 0) is 4.74 Å². The molecule has 1 rings (SSSR count). The van der Waals surface area contributed by atoms with Crippen molar-refractivity contribution < 1.29 is 9.53 Å². The van der Waals surface area contributed by atoms with Crippen LogP contribution in [0.4, 0.5) is 4.79 Å². The average Bonchev–Trinajstić information content (AvgIpc) is 2.26. The van der Waals surface area contributed by atoms with Gasteiger partial charge in [-0.25, -0.2) is 10.2 Å². The van der Waals surface area contributed by atoms with E-state index in [0.717, 1.165) is 5.56 Å². The fourth-order valence-electron chi connectivity index (χ4n) is 0.816. The van der Waals surface area contributed by atoms with Crippen molar-refractivity contribution in [2.75, 3.05) is 7.11 Å². The smallest absolute Gasteiger partial charge is 0.427 e. The van der Waals surface area contributed by atoms with Crippen LogP contribution >= 0.6 is 0 Å². The number of nitrogens with one attached hydrogen (secondary N) is 1. The van der Waals surface area contributed by atoms with E-state index in [1.807, 2.05) is 6.07 Å². The maximum atomic E-state index is 10.7. The Kier molecular flexibility index (Phi) is 3.60. The quantitative estimate of drug-likeness (QED) is 0.566. The first-order valence-electron chi connectivity index (χ1n) is 4.02. The highest BCUT2D eigenvalue weighted by Crippen LogP contribution is 1.97. The summed E-state index contributed by atoms with van der Waals surface area (Å²) in [4.78, 5) is 14.6. The molecule has 0 atom stereocenters. The van der Waals surface area contributed by atoms with Crippen molar-refractivity contribution in [2.24, 2.45) is 5.10 Å². The average molecular weight is 193 g/mol. The minimum atomic E-state index is -0.590. The second-order valence-corrected chi connectivity index (χ2v) is 2.54. The second-order valence-electron chi connectivity index (χ2n) is 2.54. The topological polar surface area (TPSA) is 63.6 Å². The van der Waals surface area contributed by atoms with Gasteiger partial charge in [0.25, 0.3) is 0 Å². The number of rotatable bonds is 2. The zero-order valence-corrected chi connectivity index (χ0v) is 8.02. The zero-order valence-electron chi connectivity index (χ0n) is 8.02. The minimum absolute atomic E-state index is 0.590. The summed E-state index contributed by atoms with van der Waals surface area (Å²) in [6.07, 6.45) is 2.75. The van der Waals surface area contributed by atoms with Gasteiger partial charge in [-0.15, -0.1) is 0 Å². The van der Waals surface area contributed by atoms with Crippen LogP contribution in [0.2, 0.25) is 0 Å². The molecule has 0 aromatic carbocycles. The van der Waals surface area contributed by atoms with Crippen molar-refractivity contribution in [1.29, 1.82) is 0 Å². The number of hydrazone groups is 1. The van der Waals surface area contributed by atoms with Crippen LogP contribution in [0.5, 0.6) is 0 Å². The van der Waals surface area contributed by atoms with Crippen LogP contribution in [0.25, 0.3) is 0 Å². The molecule has 1 aromatic heterocycles. The van der Waals surface area contributed by atoms with Gasteiger partial charge in [-0.1, -0.05) is 6.07 Å². The maximum Gasteiger partial charge on any atom is 0.427 e. The monoisotopic (exact) mass is 193 g/mol. The van der Waals surface area contributed by atoms with Crippen LogP contribution in [0, 0.1) is 0 Å². The molecule has 1 N–H and O–H groups in total. The predicted octanol–water partition coefficient (Wildman–Crippen LogP) is 1.16. The third-order valence-electron chi connectivity index (χ3n) is 1.58. The van der Waals surface area contributed by atoms with Crippen molar-refractivity contribution in [2.45, 2.75) is 6.92 Å². The Balaban J connectivity index is 2.66. The van der Waals surface area contributed by atoms with Gasteiger partial charge in [-0.05, 0) is 13.0 Å². The van der Waals surface area contributed by atoms with E-state index in [0.29, 0.717) is 5.71 Å². The summed E-state index contributed by atoms with van der Waals surface area (Å²) in [5.41, 5.74) is 3.75. The van der Waals surface area contributed by atoms with E-state index in [-0.39, 0.29) is 0 Å². The van der Waals surface area contributed by atoms with Crippen LogP contribution in [0.3, 0.4) is 0 Å². The summed E-state index contributed by atoms with van der Waals surface area (Å²) in [7, 11) is 1.28. The van der Waals surface area contributed by atoms with E-state index >= 15 is 0 Å². The molecule has 0 aliphatic carbocycles. The summed E-state index contributed by atoms with van der Waals surface area (Å²) in [6.45, 7) is 1.77. The van der Waals surface area contributed by atoms with Gasteiger partial charge in [0.2, 0.25) is 0 Å². The van der Waals surface area contributed by atoms with Crippen molar-refractivity contribution in [1.82, 2.24) is 10.4 Å². The standard InChI is InChI=1S/C9H11N3O2/c1-7(11-12-9(13)14-2)8-4-3-5-10-6-8/h3-6H,1-2H3,(H,12,13)/b11-7+. The number of nitrogens with zero attached hydrogens (tertiary/aromatic N) is 2. The Labute approximate surface area is 81.8 Å². The molecule has 0 unspecified atom stereocenters. The number of carbonyl (C=O) groups is 1. The number of amides is 1. The SMILES string of the molecule is COC(=O)N/N=C(\C)c1cccnc1. The largest absolute Gasteiger partial charge is 0.452 e. The summed E-state index contributed by atoms with van der Waals surface area (Å²) < 4.78 is 4.36. The number of ether oxygens (including phenoxy) is 1. The third kappa shape index (κ3) is 2.85. The molecule has 0 aliphatic heterocycles. The molecule has 1 heterocycles. The van der Waals surface area contributed by atoms with Crippen molar-refractivity contribution in [3.8, 4) is 0 Å². The minimum Gasteiger partial charge on any atom is -0.452 e. The molecule has 0 aliphatic rings. The lowest BCUT2D eigenvalue weighted by molar-refractivity contribution is 0.171. The predicted molar refractivity (Wildman–Crippen MR) is 52.0 cm³/mol. The van der Waals surface area contributed by atoms with Gasteiger partial charge >= 0.3 is 6.09 Å². The number of hydrogen-bond acceptors (Lipinski definition) is 4. The highest BCUT2D eigenvalue weighted by molar-refractivity contribution is 5.98. The lowest BCUT2D eigenvalue weighted by atomic mass is 10.2. The number of methoxy groups -OCH3 is 1. The molecule has 0 fully saturated rings. The second kappa shape index (κ2) is 4.96. The number of carbonyl (C=O) groups excluding carboxylic acids is 1. The first-order valence-corrected chi connectivity index (χ1v) is 4.02. The van der Waals surface area contributed by atoms with Gasteiger partial charge in [-0.2, -0.15) is 5.10 Å². The van der Waals surface area contributed by atoms with Crippen LogP contribution in [0.1, 0.15) is 12.5 Å². The number of pyridine rings is 1. The molecule has 14 heavy (non-hydrogen) atoms. The Morgan fingerprint density at radius 2 is 2.43 bits per heavy atom. The Hall–Kier alpha value is -1.91. The molecule has 0 saturated carbocycles. The summed E-state index contributed by atoms with van der Waals surface area (Å²) in [5.74, 6) is 0. The molecule has 0 radical (unpaired) electrons. The van der Waals surface area contributed by atoms with E-state index in [9.17, 15) is 4.79 Å². The molecule has 1 aromatic rings. The fourth-order valence-corrected chi connectivity index (χ4v) is 0.816. The summed E-state index contributed by atoms with van der Waals surface area (Å²) >= 11 is 0. The van der Waals surface area contributed by atoms with E-state index in [4.69, 9.17) is 0 Å². The van der Waals surface area contributed by atoms with Gasteiger partial charge in [-0.3, -0.25) is 4.98 Å². The first kappa shape index (κ1) is 10.2. The van der Waals surface area contributed by atoms with Crippen LogP contribution in [0.15, 0.2) is 29.6 Å². The molecule has 0 saturated heterocycles. The highest BCUT2D eigenvalue weighted by Gasteiger charge is 1.98. The first-order chi connectivity index (χ1) is 6.74. The highest BCUT2D eigenvalue weighted by atomic mass is 16.5. The molecule has 0 spiro atoms. The molecule has 0 bridgehead atoms. The lowest BCUT2D eigenvalue weighted by Gasteiger charge is -2.00. The molecule has 74 valence electrons. The van der Waals surface area contributed by atoms with Crippen molar-refractivity contribution >= 4 is 11.8 Å². The molecule has 5 heteroatoms. The molecular weight excluding hydrogens is 182 g/mol. The van der Waals surface area contributed by atoms with Gasteiger partial charge in [0.05, 0.1) is 12.8 Å². The van der Waals surface area contributed by atoms with Gasteiger partial charge in [0, 0.05) is 18.0 Å². The van der Waals surface area contributed by atoms with E-state index in [2.05, 4.69) is 20.2 Å². The molecule has 5 nitrogen and oxygen atoms in total. The lowest BCUT2D eigenvalue weighted by Crippen LogP contribution is -2.18. The van der Waals surface area contributed by atoms with E-state index in [1.54, 1.807) is 25.4 Å². The Bertz CT molecular complexity index is 335. The van der Waals surface area contributed by atoms with Crippen molar-refractivity contribution in [3.05, 3.63) is 30.1 Å². The van der Waals surface area contributed by atoms with Gasteiger partial charge in [0.1, 0.15) is 0 Å². The number of aromatic nitrogens is 1. The van der Waals surface area contributed by atoms with E-state index in [1.165, 1.54) is 7.11 Å². The molecule has 1 amide bonds. The summed E-state index contributed by atoms with van der Waals surface area (Å²) in [6, 6.07) is 3.65. The summed E-state index contributed by atoms with van der Waals surface area (Å²) in [5, 5.41) is 3.82. The van der Waals surface area contributed by atoms with Gasteiger partial charge in [0.15, 0.2) is 0 Å². The fraction of sp³-hybridized carbons (Fsp3) is 0.222. The third-order valence-corrected chi connectivity index (χ3v) is 1.58. The molecular formula is C9H11N3O2. The normalized spacial score (nSPS) is 10.9. The van der Waals surface area contributed by atoms with Crippen LogP contribution < -0.4 is 5.43 Å². The van der Waals surface area contributed by atoms with E-state index < -0.39 is 6.09 Å². The Morgan fingerprint density at radius 3 is 3.00 bits per heavy atom. The number of hydrogen-bond donors (Lipinski definition) is 1. The van der Waals surface area contributed by atoms with Crippen molar-refractivity contribution in [3.63, 3.8) is 0 Å². The maximum absolute atomic E-state index is 10.7. The zero-order chi connectivity index (χ0) is 10.4. The Morgan fingerprint density at radius 1 is 1.64 bits per heavy atom.